The van der Waals surface area contributed by atoms with E-state index in [1.165, 1.54) is 0 Å². The molecule has 0 bridgehead atoms. The van der Waals surface area contributed by atoms with Crippen LogP contribution in [0.15, 0.2) is 12.1 Å². The van der Waals surface area contributed by atoms with Gasteiger partial charge in [0.05, 0.1) is 13.0 Å². The number of nitrogens with zero attached hydrogens (tertiary/aromatic N) is 1. The Balaban J connectivity index is 1.73. The molecule has 1 atom stereocenters. The maximum absolute atomic E-state index is 12.7. The van der Waals surface area contributed by atoms with E-state index < -0.39 is 0 Å². The third-order valence-electron chi connectivity index (χ3n) is 5.15. The quantitative estimate of drug-likeness (QED) is 0.904. The van der Waals surface area contributed by atoms with Crippen LogP contribution in [0.3, 0.4) is 0 Å². The van der Waals surface area contributed by atoms with E-state index in [1.54, 1.807) is 12.1 Å². The monoisotopic (exact) mass is 353 g/mol. The first-order valence-corrected chi connectivity index (χ1v) is 8.91. The number of carbonyl (C=O) groups is 1. The largest absolute Gasteiger partial charge is 0.486 e. The summed E-state index contributed by atoms with van der Waals surface area (Å²) in [5, 5.41) is 10.2. The van der Waals surface area contributed by atoms with E-state index in [0.717, 1.165) is 31.4 Å². The highest BCUT2D eigenvalue weighted by atomic mass is 35.5. The Bertz CT molecular complexity index is 615. The summed E-state index contributed by atoms with van der Waals surface area (Å²) in [4.78, 5) is 14.6. The number of halogens is 1. The molecule has 5 nitrogen and oxygen atoms in total. The van der Waals surface area contributed by atoms with Crippen LogP contribution in [0.5, 0.6) is 11.5 Å². The van der Waals surface area contributed by atoms with E-state index in [4.69, 9.17) is 21.1 Å². The highest BCUT2D eigenvalue weighted by Crippen LogP contribution is 2.36. The Morgan fingerprint density at radius 2 is 2.04 bits per heavy atom. The molecule has 1 unspecified atom stereocenters. The van der Waals surface area contributed by atoms with Crippen LogP contribution in [-0.4, -0.2) is 48.8 Å². The molecule has 1 saturated heterocycles. The molecule has 132 valence electrons. The van der Waals surface area contributed by atoms with Crippen molar-refractivity contribution in [1.82, 2.24) is 4.90 Å². The lowest BCUT2D eigenvalue weighted by atomic mass is 9.78. The maximum Gasteiger partial charge on any atom is 0.227 e. The number of amides is 1. The van der Waals surface area contributed by atoms with Gasteiger partial charge in [-0.3, -0.25) is 4.79 Å². The minimum atomic E-state index is -0.162. The van der Waals surface area contributed by atoms with Gasteiger partial charge in [0.15, 0.2) is 11.5 Å². The SMILES string of the molecule is CCC1(CO)CCCN(C(=O)Cc2cc3c(cc2Cl)OCCO3)C1. The maximum atomic E-state index is 12.7. The second-order valence-corrected chi connectivity index (χ2v) is 7.10. The molecule has 1 amide bonds. The number of carbonyl (C=O) groups excluding carboxylic acids is 1. The highest BCUT2D eigenvalue weighted by Gasteiger charge is 2.35. The number of fused-ring (bicyclic) bond motifs is 1. The number of hydrogen-bond donors (Lipinski definition) is 1. The summed E-state index contributed by atoms with van der Waals surface area (Å²) in [7, 11) is 0. The molecular weight excluding hydrogens is 330 g/mol. The van der Waals surface area contributed by atoms with Gasteiger partial charge in [0.1, 0.15) is 13.2 Å². The van der Waals surface area contributed by atoms with Gasteiger partial charge in [-0.15, -0.1) is 0 Å². The zero-order chi connectivity index (χ0) is 17.2. The van der Waals surface area contributed by atoms with E-state index in [1.807, 2.05) is 4.90 Å². The van der Waals surface area contributed by atoms with E-state index in [2.05, 4.69) is 6.92 Å². The van der Waals surface area contributed by atoms with Crippen molar-refractivity contribution in [2.24, 2.45) is 5.41 Å². The van der Waals surface area contributed by atoms with Gasteiger partial charge in [-0.1, -0.05) is 18.5 Å². The fourth-order valence-corrected chi connectivity index (χ4v) is 3.69. The molecule has 1 fully saturated rings. The van der Waals surface area contributed by atoms with E-state index >= 15 is 0 Å². The average molecular weight is 354 g/mol. The molecule has 0 aromatic heterocycles. The minimum absolute atomic E-state index is 0.0413. The molecule has 3 rings (SSSR count). The summed E-state index contributed by atoms with van der Waals surface area (Å²) >= 11 is 6.31. The van der Waals surface area contributed by atoms with Gasteiger partial charge < -0.3 is 19.5 Å². The Hall–Kier alpha value is -1.46. The summed E-state index contributed by atoms with van der Waals surface area (Å²) in [6, 6.07) is 3.52. The van der Waals surface area contributed by atoms with Crippen LogP contribution in [0, 0.1) is 5.41 Å². The van der Waals surface area contributed by atoms with Crippen molar-refractivity contribution in [3.05, 3.63) is 22.7 Å². The fourth-order valence-electron chi connectivity index (χ4n) is 3.47. The average Bonchev–Trinajstić information content (AvgIpc) is 2.62. The summed E-state index contributed by atoms with van der Waals surface area (Å²) in [6.07, 6.45) is 3.00. The molecule has 0 aliphatic carbocycles. The number of rotatable bonds is 4. The van der Waals surface area contributed by atoms with E-state index in [-0.39, 0.29) is 24.3 Å². The third kappa shape index (κ3) is 3.47. The number of piperidine rings is 1. The number of aliphatic hydroxyl groups is 1. The molecule has 24 heavy (non-hydrogen) atoms. The molecule has 0 radical (unpaired) electrons. The van der Waals surface area contributed by atoms with Crippen LogP contribution in [0.4, 0.5) is 0 Å². The molecule has 2 aliphatic rings. The molecule has 2 aliphatic heterocycles. The summed E-state index contributed by atoms with van der Waals surface area (Å²) in [5.41, 5.74) is 0.590. The molecule has 2 heterocycles. The van der Waals surface area contributed by atoms with E-state index in [9.17, 15) is 9.90 Å². The summed E-state index contributed by atoms with van der Waals surface area (Å²) < 4.78 is 11.1. The van der Waals surface area contributed by atoms with Crippen molar-refractivity contribution in [3.8, 4) is 11.5 Å². The third-order valence-corrected chi connectivity index (χ3v) is 5.50. The Morgan fingerprint density at radius 1 is 1.33 bits per heavy atom. The van der Waals surface area contributed by atoms with Crippen LogP contribution in [0.2, 0.25) is 5.02 Å². The molecular formula is C18H24ClNO4. The Morgan fingerprint density at radius 3 is 2.71 bits per heavy atom. The fraction of sp³-hybridized carbons (Fsp3) is 0.611. The van der Waals surface area contributed by atoms with Crippen molar-refractivity contribution in [3.63, 3.8) is 0 Å². The predicted octanol–water partition coefficient (Wildman–Crippen LogP) is 2.66. The number of benzene rings is 1. The highest BCUT2D eigenvalue weighted by molar-refractivity contribution is 6.31. The Kier molecular flexibility index (Phi) is 5.21. The number of hydrogen-bond acceptors (Lipinski definition) is 4. The topological polar surface area (TPSA) is 59.0 Å². The molecule has 1 aromatic rings. The zero-order valence-electron chi connectivity index (χ0n) is 14.0. The van der Waals surface area contributed by atoms with Crippen molar-refractivity contribution in [2.75, 3.05) is 32.9 Å². The van der Waals surface area contributed by atoms with Crippen LogP contribution in [-0.2, 0) is 11.2 Å². The van der Waals surface area contributed by atoms with Crippen molar-refractivity contribution >= 4 is 17.5 Å². The molecule has 1 N–H and O–H groups in total. The van der Waals surface area contributed by atoms with Crippen molar-refractivity contribution < 1.29 is 19.4 Å². The number of aliphatic hydroxyl groups excluding tert-OH is 1. The Labute approximate surface area is 147 Å². The standard InChI is InChI=1S/C18H24ClNO4/c1-2-18(12-21)4-3-5-20(11-18)17(22)9-13-8-15-16(10-14(13)19)24-7-6-23-15/h8,10,21H,2-7,9,11-12H2,1H3. The van der Waals surface area contributed by atoms with Gasteiger partial charge in [0, 0.05) is 29.6 Å². The first-order valence-electron chi connectivity index (χ1n) is 8.53. The van der Waals surface area contributed by atoms with Crippen LogP contribution < -0.4 is 9.47 Å². The lowest BCUT2D eigenvalue weighted by Crippen LogP contribution is -2.48. The smallest absolute Gasteiger partial charge is 0.227 e. The molecule has 0 spiro atoms. The summed E-state index contributed by atoms with van der Waals surface area (Å²) in [5.74, 6) is 1.32. The normalized spacial score (nSPS) is 23.2. The van der Waals surface area contributed by atoms with Crippen molar-refractivity contribution in [1.29, 1.82) is 0 Å². The second-order valence-electron chi connectivity index (χ2n) is 6.69. The summed E-state index contributed by atoms with van der Waals surface area (Å²) in [6.45, 7) is 4.56. The molecule has 1 aromatic carbocycles. The zero-order valence-corrected chi connectivity index (χ0v) is 14.8. The van der Waals surface area contributed by atoms with Crippen molar-refractivity contribution in [2.45, 2.75) is 32.6 Å². The van der Waals surface area contributed by atoms with Crippen LogP contribution in [0.1, 0.15) is 31.7 Å². The first-order chi connectivity index (χ1) is 11.6. The van der Waals surface area contributed by atoms with Gasteiger partial charge in [-0.2, -0.15) is 0 Å². The minimum Gasteiger partial charge on any atom is -0.486 e. The second kappa shape index (κ2) is 7.19. The lowest BCUT2D eigenvalue weighted by Gasteiger charge is -2.41. The van der Waals surface area contributed by atoms with Gasteiger partial charge >= 0.3 is 0 Å². The molecule has 0 saturated carbocycles. The van der Waals surface area contributed by atoms with E-state index in [0.29, 0.717) is 36.3 Å². The first kappa shape index (κ1) is 17.4. The number of ether oxygens (including phenoxy) is 2. The van der Waals surface area contributed by atoms with Crippen LogP contribution in [0.25, 0.3) is 0 Å². The van der Waals surface area contributed by atoms with Crippen LogP contribution >= 0.6 is 11.6 Å². The van der Waals surface area contributed by atoms with Gasteiger partial charge in [0.25, 0.3) is 0 Å². The van der Waals surface area contributed by atoms with Gasteiger partial charge in [-0.05, 0) is 30.9 Å². The predicted molar refractivity (Wildman–Crippen MR) is 91.8 cm³/mol. The molecule has 6 heteroatoms. The van der Waals surface area contributed by atoms with Gasteiger partial charge in [-0.25, -0.2) is 0 Å². The lowest BCUT2D eigenvalue weighted by molar-refractivity contribution is -0.134. The number of likely N-dealkylation sites (tertiary alicyclic amines) is 1. The van der Waals surface area contributed by atoms with Gasteiger partial charge in [0.2, 0.25) is 5.91 Å².